The Bertz CT molecular complexity index is 511. The van der Waals surface area contributed by atoms with Gasteiger partial charge in [0.05, 0.1) is 0 Å². The van der Waals surface area contributed by atoms with Gasteiger partial charge in [0.15, 0.2) is 5.78 Å². The summed E-state index contributed by atoms with van der Waals surface area (Å²) in [5, 5.41) is 9.60. The molecule has 0 spiro atoms. The molecule has 0 saturated carbocycles. The van der Waals surface area contributed by atoms with Crippen LogP contribution in [-0.2, 0) is 4.79 Å². The number of phenols is 1. The number of phenolic OH excluding ortho intramolecular Hbond substituents is 1. The molecule has 1 rings (SSSR count). The van der Waals surface area contributed by atoms with Crippen LogP contribution in [0.4, 0.5) is 0 Å². The van der Waals surface area contributed by atoms with Gasteiger partial charge in [-0.15, -0.1) is 0 Å². The Morgan fingerprint density at radius 2 is 2.00 bits per heavy atom. The molecule has 5 heteroatoms. The quantitative estimate of drug-likeness (QED) is 0.612. The minimum Gasteiger partial charge on any atom is -0.507 e. The lowest BCUT2D eigenvalue weighted by Gasteiger charge is -2.20. The first-order valence-electron chi connectivity index (χ1n) is 6.99. The molecule has 0 unspecified atom stereocenters. The molecule has 0 heterocycles. The first-order valence-corrected chi connectivity index (χ1v) is 8.38. The van der Waals surface area contributed by atoms with Gasteiger partial charge in [0, 0.05) is 30.8 Å². The Morgan fingerprint density at radius 3 is 2.62 bits per heavy atom. The van der Waals surface area contributed by atoms with E-state index in [9.17, 15) is 9.90 Å². The minimum atomic E-state index is 0.0353. The predicted molar refractivity (Wildman–Crippen MR) is 94.7 cm³/mol. The average Bonchev–Trinajstić information content (AvgIpc) is 2.47. The number of nitrogens with zero attached hydrogens (tertiary/aromatic N) is 1. The maximum Gasteiger partial charge on any atom is 0.156 e. The van der Waals surface area contributed by atoms with Gasteiger partial charge in [0.25, 0.3) is 0 Å². The summed E-state index contributed by atoms with van der Waals surface area (Å²) >= 11 is 6.85. The first-order chi connectivity index (χ1) is 10.1. The Balaban J connectivity index is 2.38. The van der Waals surface area contributed by atoms with E-state index in [4.69, 9.17) is 12.2 Å². The first kappa shape index (κ1) is 17.7. The molecular weight excluding hydrogens is 302 g/mol. The lowest BCUT2D eigenvalue weighted by Crippen LogP contribution is -2.26. The molecule has 1 aromatic rings. The van der Waals surface area contributed by atoms with Crippen molar-refractivity contribution in [2.75, 3.05) is 18.8 Å². The van der Waals surface area contributed by atoms with Crippen LogP contribution in [0.2, 0.25) is 0 Å². The van der Waals surface area contributed by atoms with Gasteiger partial charge in [-0.25, -0.2) is 0 Å². The molecule has 0 aliphatic rings. The molecule has 0 aliphatic carbocycles. The van der Waals surface area contributed by atoms with Crippen LogP contribution in [0.3, 0.4) is 0 Å². The zero-order valence-corrected chi connectivity index (χ0v) is 14.0. The highest BCUT2D eigenvalue weighted by molar-refractivity contribution is 8.22. The minimum absolute atomic E-state index is 0.0353. The van der Waals surface area contributed by atoms with Crippen molar-refractivity contribution in [3.8, 4) is 5.75 Å². The second-order valence-corrected chi connectivity index (χ2v) is 6.12. The van der Waals surface area contributed by atoms with E-state index >= 15 is 0 Å². The normalized spacial score (nSPS) is 10.8. The van der Waals surface area contributed by atoms with E-state index in [1.807, 2.05) is 6.07 Å². The SMILES string of the molecule is CCN(CC)C(=S)SCCC(=O)C=Cc1ccccc1O. The third-order valence-electron chi connectivity index (χ3n) is 2.98. The van der Waals surface area contributed by atoms with Crippen molar-refractivity contribution in [1.29, 1.82) is 0 Å². The van der Waals surface area contributed by atoms with Gasteiger partial charge < -0.3 is 10.0 Å². The van der Waals surface area contributed by atoms with Crippen LogP contribution in [-0.4, -0.2) is 39.0 Å². The Labute approximate surface area is 136 Å². The number of hydrogen-bond donors (Lipinski definition) is 1. The van der Waals surface area contributed by atoms with Gasteiger partial charge in [-0.05, 0) is 32.1 Å². The van der Waals surface area contributed by atoms with E-state index in [0.717, 1.165) is 17.4 Å². The molecular formula is C16H21NO2S2. The summed E-state index contributed by atoms with van der Waals surface area (Å²) in [6.07, 6.45) is 3.59. The molecule has 1 N–H and O–H groups in total. The molecule has 0 aliphatic heterocycles. The van der Waals surface area contributed by atoms with Crippen molar-refractivity contribution >= 4 is 40.2 Å². The average molecular weight is 323 g/mol. The molecule has 114 valence electrons. The van der Waals surface area contributed by atoms with Gasteiger partial charge in [-0.1, -0.05) is 42.2 Å². The summed E-state index contributed by atoms with van der Waals surface area (Å²) in [5.74, 6) is 0.894. The molecule has 0 bridgehead atoms. The Hall–Kier alpha value is -1.33. The fraction of sp³-hybridized carbons (Fsp3) is 0.375. The molecule has 0 radical (unpaired) electrons. The van der Waals surface area contributed by atoms with E-state index < -0.39 is 0 Å². The number of ketones is 1. The largest absolute Gasteiger partial charge is 0.507 e. The fourth-order valence-electron chi connectivity index (χ4n) is 1.71. The smallest absolute Gasteiger partial charge is 0.156 e. The summed E-state index contributed by atoms with van der Waals surface area (Å²) in [5.41, 5.74) is 0.650. The van der Waals surface area contributed by atoms with Crippen molar-refractivity contribution in [2.45, 2.75) is 20.3 Å². The number of hydrogen-bond acceptors (Lipinski definition) is 4. The molecule has 3 nitrogen and oxygen atoms in total. The number of rotatable bonds is 7. The fourth-order valence-corrected chi connectivity index (χ4v) is 3.13. The molecule has 0 aromatic heterocycles. The molecule has 1 aromatic carbocycles. The van der Waals surface area contributed by atoms with E-state index in [1.165, 1.54) is 6.08 Å². The maximum atomic E-state index is 11.8. The molecule has 0 atom stereocenters. The predicted octanol–water partition coefficient (Wildman–Crippen LogP) is 3.72. The van der Waals surface area contributed by atoms with Crippen LogP contribution in [0.25, 0.3) is 6.08 Å². The maximum absolute atomic E-state index is 11.8. The summed E-state index contributed by atoms with van der Waals surface area (Å²) < 4.78 is 0.845. The lowest BCUT2D eigenvalue weighted by molar-refractivity contribution is -0.114. The number of benzene rings is 1. The van der Waals surface area contributed by atoms with Crippen LogP contribution >= 0.6 is 24.0 Å². The van der Waals surface area contributed by atoms with E-state index in [2.05, 4.69) is 18.7 Å². The van der Waals surface area contributed by atoms with E-state index in [-0.39, 0.29) is 11.5 Å². The topological polar surface area (TPSA) is 40.5 Å². The number of allylic oxidation sites excluding steroid dienone is 1. The summed E-state index contributed by atoms with van der Waals surface area (Å²) in [4.78, 5) is 13.9. The highest BCUT2D eigenvalue weighted by Gasteiger charge is 2.06. The number of thiocarbonyl (C=S) groups is 1. The van der Waals surface area contributed by atoms with Crippen molar-refractivity contribution in [1.82, 2.24) is 4.90 Å². The standard InChI is InChI=1S/C16H21NO2S2/c1-3-17(4-2)16(20)21-12-11-14(18)10-9-13-7-5-6-8-15(13)19/h5-10,19H,3-4,11-12H2,1-2H3. The van der Waals surface area contributed by atoms with Crippen LogP contribution in [0.5, 0.6) is 5.75 Å². The second-order valence-electron chi connectivity index (χ2n) is 4.40. The Kier molecular flexibility index (Phi) is 8.08. The summed E-state index contributed by atoms with van der Waals surface area (Å²) in [7, 11) is 0. The van der Waals surface area contributed by atoms with Crippen molar-refractivity contribution < 1.29 is 9.90 Å². The van der Waals surface area contributed by atoms with Crippen LogP contribution < -0.4 is 0 Å². The van der Waals surface area contributed by atoms with Gasteiger partial charge >= 0.3 is 0 Å². The third kappa shape index (κ3) is 6.31. The highest BCUT2D eigenvalue weighted by atomic mass is 32.2. The molecule has 0 amide bonds. The molecule has 0 saturated heterocycles. The lowest BCUT2D eigenvalue weighted by atomic mass is 10.1. The van der Waals surface area contributed by atoms with E-state index in [1.54, 1.807) is 36.0 Å². The van der Waals surface area contributed by atoms with Crippen LogP contribution in [0.1, 0.15) is 25.8 Å². The van der Waals surface area contributed by atoms with E-state index in [0.29, 0.717) is 17.7 Å². The van der Waals surface area contributed by atoms with Crippen molar-refractivity contribution in [3.05, 3.63) is 35.9 Å². The Morgan fingerprint density at radius 1 is 1.33 bits per heavy atom. The number of para-hydroxylation sites is 1. The second kappa shape index (κ2) is 9.58. The van der Waals surface area contributed by atoms with Gasteiger partial charge in [-0.2, -0.15) is 0 Å². The third-order valence-corrected chi connectivity index (χ3v) is 4.51. The molecule has 21 heavy (non-hydrogen) atoms. The van der Waals surface area contributed by atoms with Crippen LogP contribution in [0.15, 0.2) is 30.3 Å². The van der Waals surface area contributed by atoms with Gasteiger partial charge in [0.2, 0.25) is 0 Å². The number of carbonyl (C=O) groups excluding carboxylic acids is 1. The number of carbonyl (C=O) groups is 1. The highest BCUT2D eigenvalue weighted by Crippen LogP contribution is 2.17. The summed E-state index contributed by atoms with van der Waals surface area (Å²) in [6.45, 7) is 5.92. The zero-order valence-electron chi connectivity index (χ0n) is 12.4. The number of aromatic hydroxyl groups is 1. The number of thioether (sulfide) groups is 1. The van der Waals surface area contributed by atoms with Gasteiger partial charge in [0.1, 0.15) is 10.1 Å². The van der Waals surface area contributed by atoms with Gasteiger partial charge in [-0.3, -0.25) is 4.79 Å². The van der Waals surface area contributed by atoms with Crippen LogP contribution in [0, 0.1) is 0 Å². The van der Waals surface area contributed by atoms with Crippen molar-refractivity contribution in [3.63, 3.8) is 0 Å². The summed E-state index contributed by atoms with van der Waals surface area (Å²) in [6, 6.07) is 6.94. The van der Waals surface area contributed by atoms with Crippen molar-refractivity contribution in [2.24, 2.45) is 0 Å². The monoisotopic (exact) mass is 323 g/mol. The zero-order chi connectivity index (χ0) is 15.7. The molecule has 0 fully saturated rings.